The van der Waals surface area contributed by atoms with Gasteiger partial charge < -0.3 is 5.11 Å². The quantitative estimate of drug-likeness (QED) is 0.787. The molecule has 6 nitrogen and oxygen atoms in total. The van der Waals surface area contributed by atoms with Crippen LogP contribution < -0.4 is 5.32 Å². The lowest BCUT2D eigenvalue weighted by Crippen LogP contribution is -2.13. The van der Waals surface area contributed by atoms with E-state index >= 15 is 0 Å². The third-order valence-electron chi connectivity index (χ3n) is 1.58. The van der Waals surface area contributed by atoms with Crippen molar-refractivity contribution in [3.8, 4) is 5.75 Å². The highest BCUT2D eigenvalue weighted by Crippen LogP contribution is 2.15. The first-order chi connectivity index (χ1) is 7.27. The van der Waals surface area contributed by atoms with Gasteiger partial charge in [-0.05, 0) is 12.1 Å². The summed E-state index contributed by atoms with van der Waals surface area (Å²) >= 11 is 1.19. The van der Waals surface area contributed by atoms with Crippen LogP contribution in [0.1, 0.15) is 10.5 Å². The van der Waals surface area contributed by atoms with Crippen LogP contribution >= 0.6 is 11.3 Å². The lowest BCUT2D eigenvalue weighted by atomic mass is 10.3. The van der Waals surface area contributed by atoms with Gasteiger partial charge in [0.1, 0.15) is 11.3 Å². The van der Waals surface area contributed by atoms with Crippen molar-refractivity contribution in [2.75, 3.05) is 5.32 Å². The minimum Gasteiger partial charge on any atom is -0.505 e. The molecule has 0 spiro atoms. The Kier molecular flexibility index (Phi) is 2.55. The lowest BCUT2D eigenvalue weighted by Gasteiger charge is -2.01. The zero-order valence-corrected chi connectivity index (χ0v) is 8.23. The van der Waals surface area contributed by atoms with Crippen molar-refractivity contribution < 1.29 is 9.90 Å². The highest BCUT2D eigenvalue weighted by molar-refractivity contribution is 7.13. The minimum absolute atomic E-state index is 0.0345. The molecule has 0 aromatic carbocycles. The van der Waals surface area contributed by atoms with Gasteiger partial charge in [-0.3, -0.25) is 10.1 Å². The monoisotopic (exact) mass is 222 g/mol. The number of nitrogens with zero attached hydrogens (tertiary/aromatic N) is 3. The second-order valence-corrected chi connectivity index (χ2v) is 3.40. The number of anilines is 1. The molecule has 76 valence electrons. The van der Waals surface area contributed by atoms with E-state index in [2.05, 4.69) is 20.5 Å². The molecule has 0 bridgehead atoms. The number of pyridine rings is 1. The van der Waals surface area contributed by atoms with E-state index < -0.39 is 5.91 Å². The van der Waals surface area contributed by atoms with E-state index in [9.17, 15) is 9.90 Å². The summed E-state index contributed by atoms with van der Waals surface area (Å²) in [6.45, 7) is 0. The van der Waals surface area contributed by atoms with Crippen molar-refractivity contribution in [3.05, 3.63) is 29.5 Å². The van der Waals surface area contributed by atoms with Crippen molar-refractivity contribution in [2.45, 2.75) is 0 Å². The summed E-state index contributed by atoms with van der Waals surface area (Å²) in [6.07, 6.45) is 1.43. The molecule has 0 aliphatic heterocycles. The van der Waals surface area contributed by atoms with Gasteiger partial charge in [0.05, 0.1) is 0 Å². The number of hydrogen-bond donors (Lipinski definition) is 2. The molecule has 0 unspecified atom stereocenters. The average Bonchev–Trinajstić information content (AvgIpc) is 2.71. The summed E-state index contributed by atoms with van der Waals surface area (Å²) in [4.78, 5) is 15.3. The molecule has 2 heterocycles. The number of aromatic nitrogens is 3. The predicted octanol–water partition coefficient (Wildman–Crippen LogP) is 0.891. The number of nitrogens with one attached hydrogen (secondary N) is 1. The summed E-state index contributed by atoms with van der Waals surface area (Å²) in [5.41, 5.74) is 1.46. The highest BCUT2D eigenvalue weighted by Gasteiger charge is 2.13. The van der Waals surface area contributed by atoms with Crippen molar-refractivity contribution in [1.82, 2.24) is 15.2 Å². The van der Waals surface area contributed by atoms with Crippen LogP contribution in [0.3, 0.4) is 0 Å². The van der Waals surface area contributed by atoms with Crippen molar-refractivity contribution in [2.24, 2.45) is 0 Å². The number of hydrogen-bond acceptors (Lipinski definition) is 6. The van der Waals surface area contributed by atoms with Gasteiger partial charge in [0.15, 0.2) is 5.69 Å². The Balaban J connectivity index is 2.19. The average molecular weight is 222 g/mol. The fourth-order valence-corrected chi connectivity index (χ4v) is 1.40. The second kappa shape index (κ2) is 4.01. The van der Waals surface area contributed by atoms with E-state index in [4.69, 9.17) is 0 Å². The molecule has 2 N–H and O–H groups in total. The van der Waals surface area contributed by atoms with Crippen LogP contribution in [-0.4, -0.2) is 26.2 Å². The van der Waals surface area contributed by atoms with Gasteiger partial charge >= 0.3 is 0 Å². The maximum atomic E-state index is 11.5. The molecule has 2 rings (SSSR count). The molecule has 2 aromatic heterocycles. The molecular weight excluding hydrogens is 216 g/mol. The number of rotatable bonds is 2. The van der Waals surface area contributed by atoms with Gasteiger partial charge in [0.25, 0.3) is 5.91 Å². The topological polar surface area (TPSA) is 88.0 Å². The second-order valence-electron chi connectivity index (χ2n) is 2.57. The van der Waals surface area contributed by atoms with Gasteiger partial charge in [-0.1, -0.05) is 11.3 Å². The number of amides is 1. The Morgan fingerprint density at radius 2 is 2.40 bits per heavy atom. The van der Waals surface area contributed by atoms with Crippen LogP contribution in [-0.2, 0) is 0 Å². The molecule has 7 heteroatoms. The van der Waals surface area contributed by atoms with Crippen molar-refractivity contribution >= 4 is 22.4 Å². The van der Waals surface area contributed by atoms with Crippen LogP contribution in [0, 0.1) is 0 Å². The summed E-state index contributed by atoms with van der Waals surface area (Å²) in [5.74, 6) is -0.677. The van der Waals surface area contributed by atoms with Gasteiger partial charge in [-0.15, -0.1) is 10.2 Å². The van der Waals surface area contributed by atoms with Gasteiger partial charge in [0.2, 0.25) is 5.13 Å². The van der Waals surface area contributed by atoms with Crippen LogP contribution in [0.15, 0.2) is 23.8 Å². The van der Waals surface area contributed by atoms with E-state index in [0.717, 1.165) is 0 Å². The Hall–Kier alpha value is -2.02. The number of carbonyl (C=O) groups excluding carboxylic acids is 1. The largest absolute Gasteiger partial charge is 0.505 e. The number of aromatic hydroxyl groups is 1. The molecule has 0 atom stereocenters. The summed E-state index contributed by atoms with van der Waals surface area (Å²) in [7, 11) is 0. The predicted molar refractivity (Wildman–Crippen MR) is 53.8 cm³/mol. The molecule has 0 aliphatic rings. The Bertz CT molecular complexity index is 471. The molecule has 1 amide bonds. The standard InChI is InChI=1S/C8H6N4O2S/c13-5-2-1-3-9-6(5)7(14)11-8-12-10-4-15-8/h1-4,13H,(H,11,12,14). The maximum Gasteiger partial charge on any atom is 0.279 e. The van der Waals surface area contributed by atoms with E-state index in [-0.39, 0.29) is 11.4 Å². The molecular formula is C8H6N4O2S. The zero-order valence-electron chi connectivity index (χ0n) is 7.41. The van der Waals surface area contributed by atoms with E-state index in [1.165, 1.54) is 35.2 Å². The van der Waals surface area contributed by atoms with Crippen LogP contribution in [0.5, 0.6) is 5.75 Å². The Morgan fingerprint density at radius 1 is 1.53 bits per heavy atom. The minimum atomic E-state index is -0.509. The number of carbonyl (C=O) groups is 1. The summed E-state index contributed by atoms with van der Waals surface area (Å²) in [6, 6.07) is 2.93. The van der Waals surface area contributed by atoms with Gasteiger partial charge in [0, 0.05) is 6.20 Å². The SMILES string of the molecule is O=C(Nc1nncs1)c1ncccc1O. The molecule has 0 saturated heterocycles. The van der Waals surface area contributed by atoms with Crippen molar-refractivity contribution in [3.63, 3.8) is 0 Å². The van der Waals surface area contributed by atoms with E-state index in [0.29, 0.717) is 5.13 Å². The third-order valence-corrected chi connectivity index (χ3v) is 2.19. The molecule has 0 aliphatic carbocycles. The highest BCUT2D eigenvalue weighted by atomic mass is 32.1. The summed E-state index contributed by atoms with van der Waals surface area (Å²) in [5, 5.41) is 19.4. The van der Waals surface area contributed by atoms with E-state index in [1.807, 2.05) is 0 Å². The molecule has 0 radical (unpaired) electrons. The fourth-order valence-electron chi connectivity index (χ4n) is 0.956. The van der Waals surface area contributed by atoms with Gasteiger partial charge in [-0.25, -0.2) is 4.98 Å². The summed E-state index contributed by atoms with van der Waals surface area (Å²) < 4.78 is 0. The van der Waals surface area contributed by atoms with Crippen LogP contribution in [0.2, 0.25) is 0 Å². The maximum absolute atomic E-state index is 11.5. The molecule has 2 aromatic rings. The zero-order chi connectivity index (χ0) is 10.7. The van der Waals surface area contributed by atoms with Crippen LogP contribution in [0.25, 0.3) is 0 Å². The smallest absolute Gasteiger partial charge is 0.279 e. The first-order valence-electron chi connectivity index (χ1n) is 3.99. The Morgan fingerprint density at radius 3 is 3.07 bits per heavy atom. The lowest BCUT2D eigenvalue weighted by molar-refractivity contribution is 0.101. The molecule has 0 saturated carbocycles. The van der Waals surface area contributed by atoms with Crippen LogP contribution in [0.4, 0.5) is 5.13 Å². The van der Waals surface area contributed by atoms with Gasteiger partial charge in [-0.2, -0.15) is 0 Å². The molecule has 15 heavy (non-hydrogen) atoms. The molecule has 0 fully saturated rings. The first-order valence-corrected chi connectivity index (χ1v) is 4.87. The third kappa shape index (κ3) is 2.08. The van der Waals surface area contributed by atoms with E-state index in [1.54, 1.807) is 0 Å². The Labute approximate surface area is 88.6 Å². The fraction of sp³-hybridized carbons (Fsp3) is 0. The normalized spacial score (nSPS) is 9.87. The van der Waals surface area contributed by atoms with Crippen molar-refractivity contribution in [1.29, 1.82) is 0 Å². The first kappa shape index (κ1) is 9.53.